The highest BCUT2D eigenvalue weighted by Gasteiger charge is 2.15. The van der Waals surface area contributed by atoms with Gasteiger partial charge in [0.25, 0.3) is 0 Å². The van der Waals surface area contributed by atoms with Crippen LogP contribution >= 0.6 is 11.8 Å². The predicted octanol–water partition coefficient (Wildman–Crippen LogP) is 3.37. The van der Waals surface area contributed by atoms with Gasteiger partial charge in [-0.2, -0.15) is 5.26 Å². The van der Waals surface area contributed by atoms with Gasteiger partial charge in [0.05, 0.1) is 22.4 Å². The van der Waals surface area contributed by atoms with Gasteiger partial charge in [-0.15, -0.1) is 0 Å². The smallest absolute Gasteiger partial charge is 0.174 e. The zero-order valence-electron chi connectivity index (χ0n) is 12.4. The third kappa shape index (κ3) is 3.34. The van der Waals surface area contributed by atoms with E-state index in [1.165, 1.54) is 11.8 Å². The second kappa shape index (κ2) is 6.59. The Morgan fingerprint density at radius 3 is 2.81 bits per heavy atom. The van der Waals surface area contributed by atoms with Gasteiger partial charge in [0.2, 0.25) is 0 Å². The van der Waals surface area contributed by atoms with Gasteiger partial charge in [0.1, 0.15) is 0 Å². The van der Waals surface area contributed by atoms with Crippen molar-refractivity contribution in [3.8, 4) is 6.07 Å². The minimum absolute atomic E-state index is 0.0944. The molecular weight excluding hydrogens is 282 g/mol. The first-order valence-electron chi connectivity index (χ1n) is 6.75. The minimum Gasteiger partial charge on any atom is -0.349 e. The van der Waals surface area contributed by atoms with Gasteiger partial charge in [-0.05, 0) is 39.0 Å². The number of nitriles is 1. The van der Waals surface area contributed by atoms with E-state index in [9.17, 15) is 4.79 Å². The van der Waals surface area contributed by atoms with Crippen LogP contribution < -0.4 is 0 Å². The molecule has 0 aliphatic heterocycles. The number of hydrogen-bond donors (Lipinski definition) is 0. The molecular formula is C16H17N3OS. The van der Waals surface area contributed by atoms with E-state index in [1.54, 1.807) is 18.3 Å². The second-order valence-corrected chi connectivity index (χ2v) is 5.73. The number of aryl methyl sites for hydroxylation is 1. The first kappa shape index (κ1) is 15.3. The lowest BCUT2D eigenvalue weighted by Crippen LogP contribution is -2.06. The van der Waals surface area contributed by atoms with E-state index in [2.05, 4.69) is 22.5 Å². The van der Waals surface area contributed by atoms with Crippen molar-refractivity contribution in [2.24, 2.45) is 0 Å². The van der Waals surface area contributed by atoms with Gasteiger partial charge in [-0.3, -0.25) is 4.79 Å². The summed E-state index contributed by atoms with van der Waals surface area (Å²) < 4.78 is 2.13. The maximum Gasteiger partial charge on any atom is 0.174 e. The van der Waals surface area contributed by atoms with Crippen molar-refractivity contribution in [2.75, 3.05) is 5.75 Å². The zero-order valence-corrected chi connectivity index (χ0v) is 13.2. The van der Waals surface area contributed by atoms with Crippen LogP contribution in [0.2, 0.25) is 0 Å². The van der Waals surface area contributed by atoms with Crippen molar-refractivity contribution in [1.82, 2.24) is 9.55 Å². The maximum atomic E-state index is 12.3. The summed E-state index contributed by atoms with van der Waals surface area (Å²) in [5.74, 6) is 0.424. The molecule has 0 aliphatic carbocycles. The Morgan fingerprint density at radius 2 is 2.19 bits per heavy atom. The summed E-state index contributed by atoms with van der Waals surface area (Å²) in [7, 11) is 0. The van der Waals surface area contributed by atoms with Crippen molar-refractivity contribution >= 4 is 17.5 Å². The molecule has 0 saturated carbocycles. The number of thioether (sulfide) groups is 1. The van der Waals surface area contributed by atoms with E-state index in [-0.39, 0.29) is 5.78 Å². The number of ketones is 1. The number of Topliss-reactive ketones (excluding diaryl/α,β-unsaturated/α-hetero) is 1. The molecule has 21 heavy (non-hydrogen) atoms. The summed E-state index contributed by atoms with van der Waals surface area (Å²) >= 11 is 1.36. The fourth-order valence-electron chi connectivity index (χ4n) is 2.35. The Bertz CT molecular complexity index is 713. The van der Waals surface area contributed by atoms with E-state index in [0.717, 1.165) is 23.5 Å². The molecule has 0 atom stereocenters. The Hall–Kier alpha value is -2.06. The highest BCUT2D eigenvalue weighted by molar-refractivity contribution is 7.99. The molecule has 5 heteroatoms. The number of hydrogen-bond acceptors (Lipinski definition) is 4. The Kier molecular flexibility index (Phi) is 4.81. The SMILES string of the molecule is CCn1c(C)cc(C(=O)CSc2cc(C#N)ccn2)c1C. The molecule has 4 nitrogen and oxygen atoms in total. The molecule has 0 aliphatic rings. The van der Waals surface area contributed by atoms with Crippen LogP contribution in [0, 0.1) is 25.2 Å². The molecule has 2 aromatic rings. The first-order valence-corrected chi connectivity index (χ1v) is 7.74. The average Bonchev–Trinajstić information content (AvgIpc) is 2.79. The van der Waals surface area contributed by atoms with Gasteiger partial charge < -0.3 is 4.57 Å². The predicted molar refractivity (Wildman–Crippen MR) is 83.6 cm³/mol. The minimum atomic E-state index is 0.0944. The normalized spacial score (nSPS) is 10.4. The van der Waals surface area contributed by atoms with Crippen molar-refractivity contribution in [3.63, 3.8) is 0 Å². The van der Waals surface area contributed by atoms with E-state index < -0.39 is 0 Å². The molecule has 2 rings (SSSR count). The number of aromatic nitrogens is 2. The van der Waals surface area contributed by atoms with Crippen LogP contribution in [-0.2, 0) is 6.54 Å². The maximum absolute atomic E-state index is 12.3. The van der Waals surface area contributed by atoms with Gasteiger partial charge in [0.15, 0.2) is 5.78 Å². The molecule has 0 N–H and O–H groups in total. The van der Waals surface area contributed by atoms with Crippen LogP contribution in [0.15, 0.2) is 29.4 Å². The molecule has 0 saturated heterocycles. The Morgan fingerprint density at radius 1 is 1.43 bits per heavy atom. The van der Waals surface area contributed by atoms with E-state index in [0.29, 0.717) is 16.3 Å². The quantitative estimate of drug-likeness (QED) is 0.627. The highest BCUT2D eigenvalue weighted by Crippen LogP contribution is 2.21. The molecule has 0 amide bonds. The molecule has 0 bridgehead atoms. The number of rotatable bonds is 5. The molecule has 108 valence electrons. The fourth-order valence-corrected chi connectivity index (χ4v) is 3.13. The topological polar surface area (TPSA) is 58.7 Å². The third-order valence-electron chi connectivity index (χ3n) is 3.41. The van der Waals surface area contributed by atoms with Gasteiger partial charge >= 0.3 is 0 Å². The largest absolute Gasteiger partial charge is 0.349 e. The summed E-state index contributed by atoms with van der Waals surface area (Å²) in [6.45, 7) is 6.92. The number of carbonyl (C=O) groups is 1. The molecule has 0 spiro atoms. The first-order chi connectivity index (χ1) is 10.1. The summed E-state index contributed by atoms with van der Waals surface area (Å²) in [6, 6.07) is 7.37. The van der Waals surface area contributed by atoms with Crippen LogP contribution in [0.3, 0.4) is 0 Å². The van der Waals surface area contributed by atoms with E-state index in [4.69, 9.17) is 5.26 Å². The van der Waals surface area contributed by atoms with Gasteiger partial charge in [-0.25, -0.2) is 4.98 Å². The van der Waals surface area contributed by atoms with Crippen LogP contribution in [-0.4, -0.2) is 21.1 Å². The van der Waals surface area contributed by atoms with E-state index in [1.807, 2.05) is 19.9 Å². The van der Waals surface area contributed by atoms with Crippen LogP contribution in [0.1, 0.15) is 34.2 Å². The number of pyridine rings is 1. The Balaban J connectivity index is 2.10. The molecule has 0 radical (unpaired) electrons. The summed E-state index contributed by atoms with van der Waals surface area (Å²) in [4.78, 5) is 16.5. The zero-order chi connectivity index (χ0) is 15.4. The third-order valence-corrected chi connectivity index (χ3v) is 4.33. The standard InChI is InChI=1S/C16H17N3OS/c1-4-19-11(2)7-14(12(19)3)15(20)10-21-16-8-13(9-17)5-6-18-16/h5-8H,4,10H2,1-3H3. The lowest BCUT2D eigenvalue weighted by molar-refractivity contribution is 0.102. The Labute approximate surface area is 128 Å². The lowest BCUT2D eigenvalue weighted by Gasteiger charge is -2.05. The van der Waals surface area contributed by atoms with Crippen molar-refractivity contribution in [3.05, 3.63) is 46.9 Å². The monoisotopic (exact) mass is 299 g/mol. The summed E-state index contributed by atoms with van der Waals surface area (Å²) in [5.41, 5.74) is 3.45. The fraction of sp³-hybridized carbons (Fsp3) is 0.312. The molecule has 0 fully saturated rings. The number of carbonyl (C=O) groups excluding carboxylic acids is 1. The average molecular weight is 299 g/mol. The van der Waals surface area contributed by atoms with Crippen LogP contribution in [0.5, 0.6) is 0 Å². The molecule has 2 aromatic heterocycles. The molecule has 2 heterocycles. The van der Waals surface area contributed by atoms with Crippen molar-refractivity contribution in [1.29, 1.82) is 5.26 Å². The summed E-state index contributed by atoms with van der Waals surface area (Å²) in [5, 5.41) is 9.56. The van der Waals surface area contributed by atoms with Crippen molar-refractivity contribution in [2.45, 2.75) is 32.3 Å². The van der Waals surface area contributed by atoms with Crippen molar-refractivity contribution < 1.29 is 4.79 Å². The molecule has 0 unspecified atom stereocenters. The number of nitrogens with zero attached hydrogens (tertiary/aromatic N) is 3. The second-order valence-electron chi connectivity index (χ2n) is 4.74. The lowest BCUT2D eigenvalue weighted by atomic mass is 10.2. The highest BCUT2D eigenvalue weighted by atomic mass is 32.2. The molecule has 0 aromatic carbocycles. The summed E-state index contributed by atoms with van der Waals surface area (Å²) in [6.07, 6.45) is 1.59. The van der Waals surface area contributed by atoms with Gasteiger partial charge in [-0.1, -0.05) is 11.8 Å². The van der Waals surface area contributed by atoms with Crippen LogP contribution in [0.25, 0.3) is 0 Å². The van der Waals surface area contributed by atoms with E-state index >= 15 is 0 Å². The van der Waals surface area contributed by atoms with Crippen LogP contribution in [0.4, 0.5) is 0 Å². The van der Waals surface area contributed by atoms with Gasteiger partial charge in [0, 0.05) is 29.7 Å².